The van der Waals surface area contributed by atoms with Gasteiger partial charge in [0.1, 0.15) is 0 Å². The second-order valence-corrected chi connectivity index (χ2v) is 7.16. The van der Waals surface area contributed by atoms with Crippen LogP contribution in [0.2, 0.25) is 0 Å². The molecular formula is C20H15NO2S2. The van der Waals surface area contributed by atoms with Gasteiger partial charge in [-0.05, 0) is 30.7 Å². The van der Waals surface area contributed by atoms with Crippen LogP contribution in [0.5, 0.6) is 0 Å². The van der Waals surface area contributed by atoms with Crippen LogP contribution in [0.1, 0.15) is 21.5 Å². The molecule has 1 fully saturated rings. The Bertz CT molecular complexity index is 884. The largest absolute Gasteiger partial charge is 0.273 e. The van der Waals surface area contributed by atoms with Crippen molar-refractivity contribution in [3.05, 3.63) is 88.3 Å². The van der Waals surface area contributed by atoms with Crippen LogP contribution < -0.4 is 0 Å². The topological polar surface area (TPSA) is 37.4 Å². The highest BCUT2D eigenvalue weighted by atomic mass is 32.2. The molecule has 0 radical (unpaired) electrons. The van der Waals surface area contributed by atoms with E-state index in [0.29, 0.717) is 10.5 Å². The number of rotatable bonds is 3. The number of benzene rings is 2. The molecule has 0 bridgehead atoms. The zero-order valence-electron chi connectivity index (χ0n) is 13.5. The number of hydrogen-bond acceptors (Lipinski definition) is 4. The molecule has 1 saturated heterocycles. The summed E-state index contributed by atoms with van der Waals surface area (Å²) in [5.74, 6) is -0.767. The van der Waals surface area contributed by atoms with Crippen molar-refractivity contribution in [1.82, 2.24) is 4.90 Å². The van der Waals surface area contributed by atoms with Gasteiger partial charge in [0.05, 0.1) is 4.91 Å². The van der Waals surface area contributed by atoms with E-state index in [1.165, 1.54) is 0 Å². The lowest BCUT2D eigenvalue weighted by Crippen LogP contribution is -2.34. The van der Waals surface area contributed by atoms with Gasteiger partial charge in [-0.25, -0.2) is 4.90 Å². The first-order valence-corrected chi connectivity index (χ1v) is 8.89. The van der Waals surface area contributed by atoms with Crippen LogP contribution in [0.4, 0.5) is 0 Å². The number of carbonyl (C=O) groups is 2. The number of thiocarbonyl (C=S) groups is 1. The van der Waals surface area contributed by atoms with Gasteiger partial charge < -0.3 is 0 Å². The minimum atomic E-state index is -0.391. The molecular weight excluding hydrogens is 350 g/mol. The molecule has 25 heavy (non-hydrogen) atoms. The Labute approximate surface area is 156 Å². The zero-order chi connectivity index (χ0) is 17.8. The molecule has 0 saturated carbocycles. The molecule has 124 valence electrons. The summed E-state index contributed by atoms with van der Waals surface area (Å²) in [7, 11) is 0. The van der Waals surface area contributed by atoms with Crippen molar-refractivity contribution in [3.8, 4) is 0 Å². The average molecular weight is 365 g/mol. The van der Waals surface area contributed by atoms with Crippen LogP contribution in [-0.4, -0.2) is 21.0 Å². The molecule has 0 atom stereocenters. The minimum absolute atomic E-state index is 0.259. The van der Waals surface area contributed by atoms with Crippen LogP contribution in [0.3, 0.4) is 0 Å². The molecule has 2 aromatic rings. The molecule has 1 aliphatic heterocycles. The van der Waals surface area contributed by atoms with Gasteiger partial charge in [0.25, 0.3) is 11.8 Å². The molecule has 5 heteroatoms. The quantitative estimate of drug-likeness (QED) is 0.453. The van der Waals surface area contributed by atoms with Crippen molar-refractivity contribution in [2.24, 2.45) is 0 Å². The van der Waals surface area contributed by atoms with E-state index in [1.807, 2.05) is 55.5 Å². The zero-order valence-corrected chi connectivity index (χ0v) is 15.1. The van der Waals surface area contributed by atoms with Crippen LogP contribution in [0, 0.1) is 6.92 Å². The van der Waals surface area contributed by atoms with E-state index in [-0.39, 0.29) is 10.2 Å². The summed E-state index contributed by atoms with van der Waals surface area (Å²) in [5.41, 5.74) is 2.53. The first-order valence-electron chi connectivity index (χ1n) is 7.67. The average Bonchev–Trinajstić information content (AvgIpc) is 2.90. The molecule has 2 amide bonds. The van der Waals surface area contributed by atoms with Crippen LogP contribution in [-0.2, 0) is 4.79 Å². The highest BCUT2D eigenvalue weighted by Gasteiger charge is 2.36. The predicted molar refractivity (Wildman–Crippen MR) is 106 cm³/mol. The van der Waals surface area contributed by atoms with Gasteiger partial charge >= 0.3 is 0 Å². The Kier molecular flexibility index (Phi) is 5.26. The van der Waals surface area contributed by atoms with E-state index in [0.717, 1.165) is 27.8 Å². The Balaban J connectivity index is 1.78. The van der Waals surface area contributed by atoms with Gasteiger partial charge in [-0.3, -0.25) is 9.59 Å². The van der Waals surface area contributed by atoms with E-state index < -0.39 is 5.91 Å². The monoisotopic (exact) mass is 365 g/mol. The van der Waals surface area contributed by atoms with E-state index in [2.05, 4.69) is 0 Å². The highest BCUT2D eigenvalue weighted by Crippen LogP contribution is 2.32. The van der Waals surface area contributed by atoms with Gasteiger partial charge in [-0.15, -0.1) is 0 Å². The second-order valence-electron chi connectivity index (χ2n) is 5.48. The SMILES string of the molecule is Cc1ccc(C(=O)N2C(=O)/C(=C\C=C/c3ccccc3)SC2=S)cc1. The van der Waals surface area contributed by atoms with Crippen molar-refractivity contribution >= 4 is 46.2 Å². The number of aryl methyl sites for hydroxylation is 1. The van der Waals surface area contributed by atoms with Crippen molar-refractivity contribution in [3.63, 3.8) is 0 Å². The fraction of sp³-hybridized carbons (Fsp3) is 0.0500. The number of imide groups is 1. The first kappa shape index (κ1) is 17.3. The molecule has 3 nitrogen and oxygen atoms in total. The fourth-order valence-electron chi connectivity index (χ4n) is 2.29. The highest BCUT2D eigenvalue weighted by molar-refractivity contribution is 8.26. The maximum atomic E-state index is 12.6. The third-order valence-corrected chi connectivity index (χ3v) is 4.95. The predicted octanol–water partition coefficient (Wildman–Crippen LogP) is 4.59. The standard InChI is InChI=1S/C20H15NO2S2/c1-14-10-12-16(13-11-14)18(22)21-19(23)17(25-20(21)24)9-5-8-15-6-3-2-4-7-15/h2-13H,1H3/b8-5-,17-9+. The summed E-state index contributed by atoms with van der Waals surface area (Å²) in [6, 6.07) is 16.8. The lowest BCUT2D eigenvalue weighted by Gasteiger charge is -2.12. The molecule has 1 aliphatic rings. The molecule has 0 N–H and O–H groups in total. The number of thioether (sulfide) groups is 1. The second kappa shape index (κ2) is 7.59. The Morgan fingerprint density at radius 3 is 2.44 bits per heavy atom. The molecule has 0 unspecified atom stereocenters. The summed E-state index contributed by atoms with van der Waals surface area (Å²) in [6.07, 6.45) is 5.38. The van der Waals surface area contributed by atoms with Gasteiger partial charge in [-0.2, -0.15) is 0 Å². The lowest BCUT2D eigenvalue weighted by atomic mass is 10.1. The van der Waals surface area contributed by atoms with Gasteiger partial charge in [-0.1, -0.05) is 84.2 Å². The third-order valence-electron chi connectivity index (χ3n) is 3.63. The molecule has 0 aliphatic carbocycles. The molecule has 2 aromatic carbocycles. The van der Waals surface area contributed by atoms with Crippen molar-refractivity contribution < 1.29 is 9.59 Å². The van der Waals surface area contributed by atoms with Crippen molar-refractivity contribution in [2.75, 3.05) is 0 Å². The summed E-state index contributed by atoms with van der Waals surface area (Å²) < 4.78 is 0.259. The van der Waals surface area contributed by atoms with Gasteiger partial charge in [0.2, 0.25) is 0 Å². The Morgan fingerprint density at radius 1 is 1.08 bits per heavy atom. The molecule has 0 spiro atoms. The molecule has 0 aromatic heterocycles. The summed E-state index contributed by atoms with van der Waals surface area (Å²) in [4.78, 5) is 26.6. The smallest absolute Gasteiger partial charge is 0.268 e. The minimum Gasteiger partial charge on any atom is -0.268 e. The number of amides is 2. The third kappa shape index (κ3) is 3.95. The number of carbonyl (C=O) groups excluding carboxylic acids is 2. The van der Waals surface area contributed by atoms with Gasteiger partial charge in [0, 0.05) is 5.56 Å². The van der Waals surface area contributed by atoms with E-state index in [9.17, 15) is 9.59 Å². The van der Waals surface area contributed by atoms with Crippen molar-refractivity contribution in [2.45, 2.75) is 6.92 Å². The van der Waals surface area contributed by atoms with Gasteiger partial charge in [0.15, 0.2) is 4.32 Å². The molecule has 1 heterocycles. The fourth-order valence-corrected chi connectivity index (χ4v) is 3.50. The number of allylic oxidation sites excluding steroid dienone is 2. The Hall–Kier alpha value is -2.50. The number of nitrogens with zero attached hydrogens (tertiary/aromatic N) is 1. The Morgan fingerprint density at radius 2 is 1.76 bits per heavy atom. The lowest BCUT2D eigenvalue weighted by molar-refractivity contribution is -0.120. The van der Waals surface area contributed by atoms with Crippen molar-refractivity contribution in [1.29, 1.82) is 0 Å². The van der Waals surface area contributed by atoms with Crippen LogP contribution in [0.15, 0.2) is 71.7 Å². The van der Waals surface area contributed by atoms with E-state index >= 15 is 0 Å². The normalized spacial score (nSPS) is 16.2. The van der Waals surface area contributed by atoms with Crippen LogP contribution >= 0.6 is 24.0 Å². The summed E-state index contributed by atoms with van der Waals surface area (Å²) in [6.45, 7) is 1.94. The maximum Gasteiger partial charge on any atom is 0.273 e. The first-order chi connectivity index (χ1) is 12.1. The van der Waals surface area contributed by atoms with Crippen LogP contribution in [0.25, 0.3) is 6.08 Å². The van der Waals surface area contributed by atoms with E-state index in [1.54, 1.807) is 24.3 Å². The van der Waals surface area contributed by atoms with E-state index in [4.69, 9.17) is 12.2 Å². The molecule has 3 rings (SSSR count). The summed E-state index contributed by atoms with van der Waals surface area (Å²) in [5, 5.41) is 0. The summed E-state index contributed by atoms with van der Waals surface area (Å²) >= 11 is 6.36. The number of hydrogen-bond donors (Lipinski definition) is 0. The maximum absolute atomic E-state index is 12.6.